The van der Waals surface area contributed by atoms with Gasteiger partial charge in [-0.25, -0.2) is 0 Å². The van der Waals surface area contributed by atoms with Crippen molar-refractivity contribution < 1.29 is 4.74 Å². The number of rotatable bonds is 7. The summed E-state index contributed by atoms with van der Waals surface area (Å²) in [5.41, 5.74) is 1.23. The number of ether oxygens (including phenoxy) is 1. The normalized spacial score (nSPS) is 10.3. The van der Waals surface area contributed by atoms with Crippen molar-refractivity contribution in [3.8, 4) is 5.75 Å². The van der Waals surface area contributed by atoms with Crippen LogP contribution in [-0.2, 0) is 5.33 Å². The lowest BCUT2D eigenvalue weighted by atomic mass is 10.2. The Morgan fingerprint density at radius 2 is 1.93 bits per heavy atom. The minimum Gasteiger partial charge on any atom is -0.493 e. The monoisotopic (exact) mass is 270 g/mol. The topological polar surface area (TPSA) is 9.23 Å². The van der Waals surface area contributed by atoms with E-state index in [2.05, 4.69) is 28.9 Å². The Labute approximate surface area is 101 Å². The van der Waals surface area contributed by atoms with E-state index in [4.69, 9.17) is 4.74 Å². The molecule has 0 N–H and O–H groups in total. The second-order valence-corrected chi connectivity index (χ2v) is 4.21. The lowest BCUT2D eigenvalue weighted by Crippen LogP contribution is -1.99. The zero-order valence-corrected chi connectivity index (χ0v) is 10.9. The van der Waals surface area contributed by atoms with E-state index >= 15 is 0 Å². The molecule has 0 aliphatic rings. The van der Waals surface area contributed by atoms with Crippen LogP contribution in [0.1, 0.15) is 38.2 Å². The Morgan fingerprint density at radius 3 is 2.67 bits per heavy atom. The van der Waals surface area contributed by atoms with Gasteiger partial charge in [0.2, 0.25) is 0 Å². The summed E-state index contributed by atoms with van der Waals surface area (Å²) in [4.78, 5) is 0. The minimum atomic E-state index is 0.837. The van der Waals surface area contributed by atoms with E-state index in [1.165, 1.54) is 24.8 Å². The van der Waals surface area contributed by atoms with Crippen molar-refractivity contribution in [2.75, 3.05) is 6.61 Å². The molecule has 0 heterocycles. The highest BCUT2D eigenvalue weighted by Crippen LogP contribution is 2.20. The fraction of sp³-hybridized carbons (Fsp3) is 0.538. The maximum absolute atomic E-state index is 5.74. The third-order valence-electron chi connectivity index (χ3n) is 2.37. The third kappa shape index (κ3) is 4.70. The molecule has 15 heavy (non-hydrogen) atoms. The molecule has 0 aliphatic heterocycles. The number of unbranched alkanes of at least 4 members (excludes halogenated alkanes) is 3. The summed E-state index contributed by atoms with van der Waals surface area (Å²) >= 11 is 3.46. The summed E-state index contributed by atoms with van der Waals surface area (Å²) in [5, 5.41) is 0.859. The van der Waals surface area contributed by atoms with Crippen molar-refractivity contribution in [2.24, 2.45) is 0 Å². The molecule has 0 fully saturated rings. The molecule has 0 saturated heterocycles. The van der Waals surface area contributed by atoms with Gasteiger partial charge in [0.25, 0.3) is 0 Å². The molecule has 1 aromatic carbocycles. The molecule has 0 amide bonds. The van der Waals surface area contributed by atoms with Crippen LogP contribution in [0.2, 0.25) is 0 Å². The molecule has 0 aliphatic carbocycles. The maximum atomic E-state index is 5.74. The first kappa shape index (κ1) is 12.6. The summed E-state index contributed by atoms with van der Waals surface area (Å²) < 4.78 is 5.74. The molecule has 1 nitrogen and oxygen atoms in total. The van der Waals surface area contributed by atoms with Gasteiger partial charge in [-0.1, -0.05) is 60.3 Å². The van der Waals surface area contributed by atoms with Gasteiger partial charge in [-0.05, 0) is 12.5 Å². The van der Waals surface area contributed by atoms with Gasteiger partial charge in [0.1, 0.15) is 5.75 Å². The maximum Gasteiger partial charge on any atom is 0.123 e. The average molecular weight is 271 g/mol. The largest absolute Gasteiger partial charge is 0.493 e. The van der Waals surface area contributed by atoms with Gasteiger partial charge in [-0.2, -0.15) is 0 Å². The molecule has 0 atom stereocenters. The first-order valence-electron chi connectivity index (χ1n) is 5.65. The van der Waals surface area contributed by atoms with E-state index in [1.54, 1.807) is 0 Å². The molecule has 0 radical (unpaired) electrons. The lowest BCUT2D eigenvalue weighted by molar-refractivity contribution is 0.303. The van der Waals surface area contributed by atoms with Gasteiger partial charge in [0, 0.05) is 10.9 Å². The summed E-state index contributed by atoms with van der Waals surface area (Å²) in [7, 11) is 0. The molecular weight excluding hydrogens is 252 g/mol. The van der Waals surface area contributed by atoms with Crippen LogP contribution in [0.15, 0.2) is 24.3 Å². The quantitative estimate of drug-likeness (QED) is 0.522. The Morgan fingerprint density at radius 1 is 1.13 bits per heavy atom. The number of benzene rings is 1. The van der Waals surface area contributed by atoms with E-state index in [0.717, 1.165) is 24.1 Å². The van der Waals surface area contributed by atoms with Crippen molar-refractivity contribution in [1.29, 1.82) is 0 Å². The van der Waals surface area contributed by atoms with Gasteiger partial charge in [-0.15, -0.1) is 0 Å². The number of para-hydroxylation sites is 1. The predicted octanol–water partition coefficient (Wildman–Crippen LogP) is 4.54. The van der Waals surface area contributed by atoms with Crippen LogP contribution in [0.3, 0.4) is 0 Å². The molecule has 1 aromatic rings. The summed E-state index contributed by atoms with van der Waals surface area (Å²) in [6, 6.07) is 8.20. The second kappa shape index (κ2) is 7.75. The van der Waals surface area contributed by atoms with Crippen molar-refractivity contribution >= 4 is 15.9 Å². The van der Waals surface area contributed by atoms with Crippen molar-refractivity contribution in [3.63, 3.8) is 0 Å². The standard InChI is InChI=1S/C13H19BrO/c1-2-3-4-7-10-15-13-9-6-5-8-12(13)11-14/h5-6,8-9H,2-4,7,10-11H2,1H3. The second-order valence-electron chi connectivity index (χ2n) is 3.65. The van der Waals surface area contributed by atoms with E-state index in [9.17, 15) is 0 Å². The Kier molecular flexibility index (Phi) is 6.49. The number of hydrogen-bond acceptors (Lipinski definition) is 1. The van der Waals surface area contributed by atoms with Crippen molar-refractivity contribution in [2.45, 2.75) is 37.9 Å². The first-order chi connectivity index (χ1) is 7.38. The van der Waals surface area contributed by atoms with Crippen LogP contribution in [0.4, 0.5) is 0 Å². The van der Waals surface area contributed by atoms with Crippen LogP contribution in [0, 0.1) is 0 Å². The van der Waals surface area contributed by atoms with Gasteiger partial charge in [0.05, 0.1) is 6.61 Å². The molecular formula is C13H19BrO. The van der Waals surface area contributed by atoms with E-state index in [-0.39, 0.29) is 0 Å². The van der Waals surface area contributed by atoms with E-state index in [0.29, 0.717) is 0 Å². The van der Waals surface area contributed by atoms with Gasteiger partial charge in [0.15, 0.2) is 0 Å². The fourth-order valence-electron chi connectivity index (χ4n) is 1.47. The van der Waals surface area contributed by atoms with Gasteiger partial charge in [-0.3, -0.25) is 0 Å². The minimum absolute atomic E-state index is 0.837. The van der Waals surface area contributed by atoms with E-state index < -0.39 is 0 Å². The highest BCUT2D eigenvalue weighted by atomic mass is 79.9. The smallest absolute Gasteiger partial charge is 0.123 e. The van der Waals surface area contributed by atoms with Crippen LogP contribution in [0.25, 0.3) is 0 Å². The van der Waals surface area contributed by atoms with Crippen LogP contribution < -0.4 is 4.74 Å². The third-order valence-corrected chi connectivity index (χ3v) is 2.98. The Bertz CT molecular complexity index is 273. The van der Waals surface area contributed by atoms with E-state index in [1.807, 2.05) is 18.2 Å². The molecule has 0 bridgehead atoms. The SMILES string of the molecule is CCCCCCOc1ccccc1CBr. The summed E-state index contributed by atoms with van der Waals surface area (Å²) in [6.45, 7) is 3.06. The molecule has 0 unspecified atom stereocenters. The first-order valence-corrected chi connectivity index (χ1v) is 6.77. The Balaban J connectivity index is 2.30. The van der Waals surface area contributed by atoms with Gasteiger partial charge < -0.3 is 4.74 Å². The van der Waals surface area contributed by atoms with Crippen LogP contribution in [0.5, 0.6) is 5.75 Å². The molecule has 84 valence electrons. The number of hydrogen-bond donors (Lipinski definition) is 0. The van der Waals surface area contributed by atoms with Crippen molar-refractivity contribution in [3.05, 3.63) is 29.8 Å². The number of alkyl halides is 1. The Hall–Kier alpha value is -0.500. The van der Waals surface area contributed by atoms with Gasteiger partial charge >= 0.3 is 0 Å². The lowest BCUT2D eigenvalue weighted by Gasteiger charge is -2.09. The predicted molar refractivity (Wildman–Crippen MR) is 68.7 cm³/mol. The summed E-state index contributed by atoms with van der Waals surface area (Å²) in [5.74, 6) is 1.02. The molecule has 0 saturated carbocycles. The summed E-state index contributed by atoms with van der Waals surface area (Å²) in [6.07, 6.45) is 5.01. The molecule has 0 aromatic heterocycles. The van der Waals surface area contributed by atoms with Crippen LogP contribution in [-0.4, -0.2) is 6.61 Å². The fourth-order valence-corrected chi connectivity index (χ4v) is 1.93. The highest BCUT2D eigenvalue weighted by molar-refractivity contribution is 9.08. The van der Waals surface area contributed by atoms with Crippen LogP contribution >= 0.6 is 15.9 Å². The van der Waals surface area contributed by atoms with Crippen molar-refractivity contribution in [1.82, 2.24) is 0 Å². The molecule has 0 spiro atoms. The zero-order chi connectivity index (χ0) is 10.9. The molecule has 1 rings (SSSR count). The zero-order valence-electron chi connectivity index (χ0n) is 9.34. The highest BCUT2D eigenvalue weighted by Gasteiger charge is 2.00. The number of halogens is 1. The molecule has 2 heteroatoms. The average Bonchev–Trinajstić information content (AvgIpc) is 2.29.